The molecule has 0 aliphatic heterocycles. The van der Waals surface area contributed by atoms with E-state index in [1.165, 1.54) is 25.7 Å². The van der Waals surface area contributed by atoms with E-state index in [0.717, 1.165) is 37.2 Å². The summed E-state index contributed by atoms with van der Waals surface area (Å²) in [4.78, 5) is 0. The zero-order chi connectivity index (χ0) is 13.3. The molecule has 0 atom stereocenters. The second kappa shape index (κ2) is 8.05. The Morgan fingerprint density at radius 2 is 1.89 bits per heavy atom. The molecule has 0 heterocycles. The molecule has 3 nitrogen and oxygen atoms in total. The third-order valence-corrected chi connectivity index (χ3v) is 3.63. The smallest absolute Gasteiger partial charge is 0.142 e. The van der Waals surface area contributed by atoms with Crippen LogP contribution in [-0.4, -0.2) is 24.4 Å². The van der Waals surface area contributed by atoms with E-state index in [2.05, 4.69) is 11.4 Å². The van der Waals surface area contributed by atoms with Crippen molar-refractivity contribution in [3.63, 3.8) is 0 Å². The van der Waals surface area contributed by atoms with Crippen LogP contribution in [0.2, 0.25) is 0 Å². The molecule has 0 aromatic heterocycles. The van der Waals surface area contributed by atoms with Gasteiger partial charge in [-0.25, -0.2) is 0 Å². The van der Waals surface area contributed by atoms with Gasteiger partial charge in [-0.15, -0.1) is 0 Å². The van der Waals surface area contributed by atoms with Crippen molar-refractivity contribution in [3.8, 4) is 5.75 Å². The van der Waals surface area contributed by atoms with E-state index in [9.17, 15) is 0 Å². The van der Waals surface area contributed by atoms with Crippen LogP contribution in [0.1, 0.15) is 44.9 Å². The number of benzene rings is 1. The zero-order valence-electron chi connectivity index (χ0n) is 11.6. The molecular formula is C16H25NO2. The molecule has 1 aromatic rings. The molecule has 0 radical (unpaired) electrons. The third kappa shape index (κ3) is 4.75. The molecule has 1 aliphatic carbocycles. The highest BCUT2D eigenvalue weighted by atomic mass is 16.5. The van der Waals surface area contributed by atoms with Crippen LogP contribution in [0.3, 0.4) is 0 Å². The van der Waals surface area contributed by atoms with Gasteiger partial charge in [-0.3, -0.25) is 0 Å². The lowest BCUT2D eigenvalue weighted by Gasteiger charge is -2.17. The van der Waals surface area contributed by atoms with Gasteiger partial charge in [0.05, 0.1) is 11.8 Å². The molecule has 3 heteroatoms. The first-order valence-corrected chi connectivity index (χ1v) is 7.50. The van der Waals surface area contributed by atoms with Gasteiger partial charge < -0.3 is 15.2 Å². The first-order valence-electron chi connectivity index (χ1n) is 7.50. The zero-order valence-corrected chi connectivity index (χ0v) is 11.6. The maximum Gasteiger partial charge on any atom is 0.142 e. The molecule has 106 valence electrons. The average Bonchev–Trinajstić information content (AvgIpc) is 2.93. The summed E-state index contributed by atoms with van der Waals surface area (Å²) in [6.45, 7) is 1.23. The summed E-state index contributed by atoms with van der Waals surface area (Å²) < 4.78 is 6.08. The Hall–Kier alpha value is -1.22. The van der Waals surface area contributed by atoms with Crippen molar-refractivity contribution in [3.05, 3.63) is 24.3 Å². The van der Waals surface area contributed by atoms with Crippen molar-refractivity contribution in [2.45, 2.75) is 51.0 Å². The number of para-hydroxylation sites is 2. The van der Waals surface area contributed by atoms with Crippen LogP contribution < -0.4 is 10.1 Å². The van der Waals surface area contributed by atoms with E-state index in [0.29, 0.717) is 12.7 Å². The quantitative estimate of drug-likeness (QED) is 0.704. The average molecular weight is 263 g/mol. The fourth-order valence-electron chi connectivity index (χ4n) is 2.54. The Labute approximate surface area is 116 Å². The van der Waals surface area contributed by atoms with Gasteiger partial charge in [0, 0.05) is 13.2 Å². The highest BCUT2D eigenvalue weighted by molar-refractivity contribution is 5.56. The highest BCUT2D eigenvalue weighted by Gasteiger charge is 2.17. The van der Waals surface area contributed by atoms with Crippen LogP contribution in [0.5, 0.6) is 5.75 Å². The molecule has 0 bridgehead atoms. The van der Waals surface area contributed by atoms with Crippen molar-refractivity contribution in [2.75, 3.05) is 18.5 Å². The Morgan fingerprint density at radius 3 is 2.68 bits per heavy atom. The summed E-state index contributed by atoms with van der Waals surface area (Å²) in [5, 5.41) is 12.2. The van der Waals surface area contributed by atoms with Gasteiger partial charge in [0.1, 0.15) is 5.75 Å². The normalized spacial score (nSPS) is 15.6. The van der Waals surface area contributed by atoms with Crippen molar-refractivity contribution >= 4 is 5.69 Å². The number of nitrogens with one attached hydrogen (secondary N) is 1. The second-order valence-electron chi connectivity index (χ2n) is 5.23. The summed E-state index contributed by atoms with van der Waals surface area (Å²) in [7, 11) is 0. The van der Waals surface area contributed by atoms with Gasteiger partial charge in [0.2, 0.25) is 0 Å². The van der Waals surface area contributed by atoms with E-state index in [4.69, 9.17) is 9.84 Å². The minimum absolute atomic E-state index is 0.293. The number of aliphatic hydroxyl groups excluding tert-OH is 1. The SMILES string of the molecule is OCCCCCNc1ccccc1OC1CCCC1. The van der Waals surface area contributed by atoms with Crippen LogP contribution >= 0.6 is 0 Å². The lowest BCUT2D eigenvalue weighted by molar-refractivity contribution is 0.211. The van der Waals surface area contributed by atoms with Gasteiger partial charge in [0.25, 0.3) is 0 Å². The van der Waals surface area contributed by atoms with Gasteiger partial charge in [-0.1, -0.05) is 12.1 Å². The standard InChI is InChI=1S/C16H25NO2/c18-13-7-1-6-12-17-15-10-4-5-11-16(15)19-14-8-2-3-9-14/h4-5,10-11,14,17-18H,1-3,6-9,12-13H2. The number of hydrogen-bond acceptors (Lipinski definition) is 3. The number of anilines is 1. The largest absolute Gasteiger partial charge is 0.488 e. The molecule has 0 saturated heterocycles. The molecule has 2 N–H and O–H groups in total. The Morgan fingerprint density at radius 1 is 1.11 bits per heavy atom. The summed E-state index contributed by atoms with van der Waals surface area (Å²) in [5.41, 5.74) is 1.10. The van der Waals surface area contributed by atoms with Crippen molar-refractivity contribution in [2.24, 2.45) is 0 Å². The van der Waals surface area contributed by atoms with Gasteiger partial charge in [-0.2, -0.15) is 0 Å². The topological polar surface area (TPSA) is 41.5 Å². The maximum atomic E-state index is 8.75. The molecular weight excluding hydrogens is 238 g/mol. The van der Waals surface area contributed by atoms with E-state index in [-0.39, 0.29) is 0 Å². The Balaban J connectivity index is 1.81. The number of hydrogen-bond donors (Lipinski definition) is 2. The molecule has 0 unspecified atom stereocenters. The molecule has 1 aliphatic rings. The highest BCUT2D eigenvalue weighted by Crippen LogP contribution is 2.29. The van der Waals surface area contributed by atoms with Crippen molar-refractivity contribution < 1.29 is 9.84 Å². The van der Waals surface area contributed by atoms with Crippen LogP contribution in [0.15, 0.2) is 24.3 Å². The number of rotatable bonds is 8. The minimum atomic E-state index is 0.293. The summed E-state index contributed by atoms with van der Waals surface area (Å²) in [6, 6.07) is 8.20. The van der Waals surface area contributed by atoms with Gasteiger partial charge in [0.15, 0.2) is 0 Å². The molecule has 1 aromatic carbocycles. The Kier molecular flexibility index (Phi) is 6.02. The third-order valence-electron chi connectivity index (χ3n) is 3.63. The lowest BCUT2D eigenvalue weighted by atomic mass is 10.2. The first-order chi connectivity index (χ1) is 9.40. The monoisotopic (exact) mass is 263 g/mol. The van der Waals surface area contributed by atoms with E-state index >= 15 is 0 Å². The van der Waals surface area contributed by atoms with Crippen LogP contribution in [-0.2, 0) is 0 Å². The molecule has 0 spiro atoms. The predicted molar refractivity (Wildman–Crippen MR) is 78.8 cm³/mol. The summed E-state index contributed by atoms with van der Waals surface area (Å²) in [5.74, 6) is 0.983. The lowest BCUT2D eigenvalue weighted by Crippen LogP contribution is -2.13. The van der Waals surface area contributed by atoms with Crippen molar-refractivity contribution in [1.29, 1.82) is 0 Å². The Bertz CT molecular complexity index is 362. The van der Waals surface area contributed by atoms with Crippen molar-refractivity contribution in [1.82, 2.24) is 0 Å². The van der Waals surface area contributed by atoms with Gasteiger partial charge in [-0.05, 0) is 57.1 Å². The molecule has 0 amide bonds. The fourth-order valence-corrected chi connectivity index (χ4v) is 2.54. The van der Waals surface area contributed by atoms with Crippen LogP contribution in [0.4, 0.5) is 5.69 Å². The van der Waals surface area contributed by atoms with E-state index in [1.807, 2.05) is 18.2 Å². The number of unbranched alkanes of at least 4 members (excludes halogenated alkanes) is 2. The second-order valence-corrected chi connectivity index (χ2v) is 5.23. The first kappa shape index (κ1) is 14.2. The maximum absolute atomic E-state index is 8.75. The van der Waals surface area contributed by atoms with Gasteiger partial charge >= 0.3 is 0 Å². The molecule has 2 rings (SSSR count). The summed E-state index contributed by atoms with van der Waals surface area (Å²) in [6.07, 6.45) is 8.39. The number of ether oxygens (including phenoxy) is 1. The molecule has 1 fully saturated rings. The van der Waals surface area contributed by atoms with Crippen LogP contribution in [0, 0.1) is 0 Å². The molecule has 19 heavy (non-hydrogen) atoms. The fraction of sp³-hybridized carbons (Fsp3) is 0.625. The molecule has 1 saturated carbocycles. The predicted octanol–water partition coefficient (Wildman–Crippen LogP) is 3.58. The van der Waals surface area contributed by atoms with Crippen LogP contribution in [0.25, 0.3) is 0 Å². The number of aliphatic hydroxyl groups is 1. The minimum Gasteiger partial charge on any atom is -0.488 e. The van der Waals surface area contributed by atoms with E-state index < -0.39 is 0 Å². The summed E-state index contributed by atoms with van der Waals surface area (Å²) >= 11 is 0. The van der Waals surface area contributed by atoms with E-state index in [1.54, 1.807) is 0 Å².